The van der Waals surface area contributed by atoms with E-state index in [2.05, 4.69) is 0 Å². The second-order valence-electron chi connectivity index (χ2n) is 5.03. The van der Waals surface area contributed by atoms with Crippen molar-refractivity contribution < 1.29 is 19.4 Å². The lowest BCUT2D eigenvalue weighted by atomic mass is 9.88. The third-order valence-corrected chi connectivity index (χ3v) is 3.78. The average molecular weight is 277 g/mol. The Morgan fingerprint density at radius 2 is 1.95 bits per heavy atom. The van der Waals surface area contributed by atoms with Crippen molar-refractivity contribution in [2.75, 3.05) is 20.2 Å². The molecule has 1 aromatic rings. The summed E-state index contributed by atoms with van der Waals surface area (Å²) in [5.41, 5.74) is 0.326. The molecule has 1 aromatic carbocycles. The minimum absolute atomic E-state index is 0.0446. The maximum Gasteiger partial charge on any atom is 0.219 e. The number of hydrogen-bond donors (Lipinski definition) is 1. The van der Waals surface area contributed by atoms with Crippen LogP contribution in [0.15, 0.2) is 18.2 Å². The molecule has 1 amide bonds. The number of Topliss-reactive ketones (excluding diaryl/α,β-unsaturated/α-hetero) is 1. The molecule has 1 fully saturated rings. The topological polar surface area (TPSA) is 66.8 Å². The van der Waals surface area contributed by atoms with Gasteiger partial charge in [-0.15, -0.1) is 0 Å². The summed E-state index contributed by atoms with van der Waals surface area (Å²) in [5, 5.41) is 9.90. The number of hydrogen-bond acceptors (Lipinski definition) is 4. The van der Waals surface area contributed by atoms with Crippen LogP contribution in [0.1, 0.15) is 30.1 Å². The van der Waals surface area contributed by atoms with Gasteiger partial charge in [-0.05, 0) is 25.0 Å². The van der Waals surface area contributed by atoms with Gasteiger partial charge in [0.05, 0.1) is 12.7 Å². The van der Waals surface area contributed by atoms with E-state index in [1.807, 2.05) is 0 Å². The molecule has 0 aromatic heterocycles. The van der Waals surface area contributed by atoms with Gasteiger partial charge in [0.2, 0.25) is 5.91 Å². The number of ether oxygens (including phenoxy) is 1. The normalized spacial score (nSPS) is 16.0. The van der Waals surface area contributed by atoms with Crippen LogP contribution in [0.5, 0.6) is 11.5 Å². The molecule has 0 spiro atoms. The molecule has 5 nitrogen and oxygen atoms in total. The fourth-order valence-corrected chi connectivity index (χ4v) is 2.52. The Kier molecular flexibility index (Phi) is 4.27. The molecule has 0 aliphatic carbocycles. The standard InChI is InChI=1S/C15H19NO4/c1-10(17)16-7-5-11(6-8-16)15(19)13-4-3-12(20-2)9-14(13)18/h3-4,9,11,18H,5-8H2,1-2H3. The van der Waals surface area contributed by atoms with Crippen molar-refractivity contribution in [1.29, 1.82) is 0 Å². The number of aromatic hydroxyl groups is 1. The second kappa shape index (κ2) is 5.94. The van der Waals surface area contributed by atoms with E-state index in [1.165, 1.54) is 20.1 Å². The van der Waals surface area contributed by atoms with Gasteiger partial charge in [-0.2, -0.15) is 0 Å². The van der Waals surface area contributed by atoms with Crippen LogP contribution in [0.4, 0.5) is 0 Å². The Morgan fingerprint density at radius 3 is 2.45 bits per heavy atom. The van der Waals surface area contributed by atoms with E-state index >= 15 is 0 Å². The monoisotopic (exact) mass is 277 g/mol. The zero-order chi connectivity index (χ0) is 14.7. The molecule has 1 heterocycles. The minimum Gasteiger partial charge on any atom is -0.507 e. The van der Waals surface area contributed by atoms with E-state index in [4.69, 9.17) is 4.74 Å². The summed E-state index contributed by atoms with van der Waals surface area (Å²) in [6.07, 6.45) is 1.29. The van der Waals surface area contributed by atoms with Crippen molar-refractivity contribution >= 4 is 11.7 Å². The van der Waals surface area contributed by atoms with Crippen molar-refractivity contribution in [1.82, 2.24) is 4.90 Å². The fourth-order valence-electron chi connectivity index (χ4n) is 2.52. The van der Waals surface area contributed by atoms with Crippen LogP contribution in [-0.4, -0.2) is 41.9 Å². The molecule has 1 aliphatic heterocycles. The van der Waals surface area contributed by atoms with Crippen LogP contribution in [0.3, 0.4) is 0 Å². The highest BCUT2D eigenvalue weighted by atomic mass is 16.5. The summed E-state index contributed by atoms with van der Waals surface area (Å²) in [5.74, 6) is 0.315. The molecule has 1 saturated heterocycles. The molecule has 108 valence electrons. The number of carbonyl (C=O) groups excluding carboxylic acids is 2. The minimum atomic E-state index is -0.134. The van der Waals surface area contributed by atoms with Crippen molar-refractivity contribution in [2.45, 2.75) is 19.8 Å². The van der Waals surface area contributed by atoms with E-state index in [9.17, 15) is 14.7 Å². The largest absolute Gasteiger partial charge is 0.507 e. The molecule has 0 bridgehead atoms. The molecule has 20 heavy (non-hydrogen) atoms. The number of rotatable bonds is 3. The number of phenols is 1. The van der Waals surface area contributed by atoms with E-state index in [0.29, 0.717) is 37.2 Å². The van der Waals surface area contributed by atoms with E-state index in [0.717, 1.165) is 0 Å². The average Bonchev–Trinajstić information content (AvgIpc) is 2.46. The van der Waals surface area contributed by atoms with Crippen LogP contribution < -0.4 is 4.74 Å². The van der Waals surface area contributed by atoms with Crippen LogP contribution in [0.2, 0.25) is 0 Å². The predicted molar refractivity (Wildman–Crippen MR) is 74.0 cm³/mol. The number of carbonyl (C=O) groups is 2. The van der Waals surface area contributed by atoms with Crippen LogP contribution in [0.25, 0.3) is 0 Å². The van der Waals surface area contributed by atoms with Crippen molar-refractivity contribution in [3.05, 3.63) is 23.8 Å². The van der Waals surface area contributed by atoms with E-state index < -0.39 is 0 Å². The first-order valence-electron chi connectivity index (χ1n) is 6.69. The highest BCUT2D eigenvalue weighted by Gasteiger charge is 2.28. The number of piperidine rings is 1. The second-order valence-corrected chi connectivity index (χ2v) is 5.03. The lowest BCUT2D eigenvalue weighted by Crippen LogP contribution is -2.39. The number of methoxy groups -OCH3 is 1. The summed E-state index contributed by atoms with van der Waals surface area (Å²) in [7, 11) is 1.51. The van der Waals surface area contributed by atoms with Gasteiger partial charge in [0.1, 0.15) is 11.5 Å². The van der Waals surface area contributed by atoms with Gasteiger partial charge >= 0.3 is 0 Å². The number of likely N-dealkylation sites (tertiary alicyclic amines) is 1. The first-order chi connectivity index (χ1) is 9.52. The van der Waals surface area contributed by atoms with Gasteiger partial charge in [0, 0.05) is 32.0 Å². The zero-order valence-electron chi connectivity index (χ0n) is 11.8. The highest BCUT2D eigenvalue weighted by Crippen LogP contribution is 2.29. The van der Waals surface area contributed by atoms with Gasteiger partial charge in [-0.1, -0.05) is 0 Å². The van der Waals surface area contributed by atoms with Gasteiger partial charge in [-0.3, -0.25) is 9.59 Å². The highest BCUT2D eigenvalue weighted by molar-refractivity contribution is 6.00. The predicted octanol–water partition coefficient (Wildman–Crippen LogP) is 1.84. The fraction of sp³-hybridized carbons (Fsp3) is 0.467. The quantitative estimate of drug-likeness (QED) is 0.856. The molecule has 2 rings (SSSR count). The van der Waals surface area contributed by atoms with Crippen LogP contribution >= 0.6 is 0 Å². The zero-order valence-corrected chi connectivity index (χ0v) is 11.8. The number of phenolic OH excluding ortho intramolecular Hbond substituents is 1. The Labute approximate surface area is 118 Å². The molecule has 0 radical (unpaired) electrons. The Balaban J connectivity index is 2.07. The summed E-state index contributed by atoms with van der Waals surface area (Å²) >= 11 is 0. The van der Waals surface area contributed by atoms with Crippen molar-refractivity contribution in [3.63, 3.8) is 0 Å². The Hall–Kier alpha value is -2.04. The Bertz CT molecular complexity index is 519. The number of nitrogens with zero attached hydrogens (tertiary/aromatic N) is 1. The lowest BCUT2D eigenvalue weighted by Gasteiger charge is -2.30. The summed E-state index contributed by atoms with van der Waals surface area (Å²) in [6, 6.07) is 4.70. The molecule has 0 unspecified atom stereocenters. The summed E-state index contributed by atoms with van der Waals surface area (Å²) in [6.45, 7) is 2.74. The maximum absolute atomic E-state index is 12.4. The van der Waals surface area contributed by atoms with Crippen LogP contribution in [0, 0.1) is 5.92 Å². The first kappa shape index (κ1) is 14.4. The molecule has 0 saturated carbocycles. The summed E-state index contributed by atoms with van der Waals surface area (Å²) in [4.78, 5) is 25.4. The lowest BCUT2D eigenvalue weighted by molar-refractivity contribution is -0.130. The third-order valence-electron chi connectivity index (χ3n) is 3.78. The van der Waals surface area contributed by atoms with Gasteiger partial charge in [-0.25, -0.2) is 0 Å². The molecule has 5 heteroatoms. The van der Waals surface area contributed by atoms with Crippen LogP contribution in [-0.2, 0) is 4.79 Å². The first-order valence-corrected chi connectivity index (χ1v) is 6.69. The number of amides is 1. The third kappa shape index (κ3) is 2.92. The number of ketones is 1. The molecule has 1 aliphatic rings. The smallest absolute Gasteiger partial charge is 0.219 e. The molecule has 0 atom stereocenters. The molecule has 1 N–H and O–H groups in total. The molecular weight excluding hydrogens is 258 g/mol. The van der Waals surface area contributed by atoms with Gasteiger partial charge < -0.3 is 14.7 Å². The summed E-state index contributed by atoms with van der Waals surface area (Å²) < 4.78 is 5.00. The Morgan fingerprint density at radius 1 is 1.30 bits per heavy atom. The maximum atomic E-state index is 12.4. The van der Waals surface area contributed by atoms with Crippen molar-refractivity contribution in [2.24, 2.45) is 5.92 Å². The van der Waals surface area contributed by atoms with Gasteiger partial charge in [0.25, 0.3) is 0 Å². The van der Waals surface area contributed by atoms with Gasteiger partial charge in [0.15, 0.2) is 5.78 Å². The van der Waals surface area contributed by atoms with Crippen molar-refractivity contribution in [3.8, 4) is 11.5 Å². The molecular formula is C15H19NO4. The van der Waals surface area contributed by atoms with E-state index in [1.54, 1.807) is 17.0 Å². The van der Waals surface area contributed by atoms with E-state index in [-0.39, 0.29) is 23.4 Å². The number of benzene rings is 1. The SMILES string of the molecule is COc1ccc(C(=O)C2CCN(C(C)=O)CC2)c(O)c1.